The highest BCUT2D eigenvalue weighted by atomic mass is 32.2. The summed E-state index contributed by atoms with van der Waals surface area (Å²) in [4.78, 5) is 3.90. The number of anilines is 1. The minimum Gasteiger partial charge on any atom is -0.267 e. The van der Waals surface area contributed by atoms with Gasteiger partial charge in [-0.05, 0) is 29.8 Å². The van der Waals surface area contributed by atoms with Crippen molar-refractivity contribution in [3.63, 3.8) is 0 Å². The van der Waals surface area contributed by atoms with Crippen LogP contribution in [0.4, 0.5) is 5.82 Å². The maximum absolute atomic E-state index is 11.9. The van der Waals surface area contributed by atoms with Gasteiger partial charge < -0.3 is 0 Å². The Kier molecular flexibility index (Phi) is 3.78. The second kappa shape index (κ2) is 5.50. The Morgan fingerprint density at radius 2 is 1.89 bits per heavy atom. The zero-order valence-corrected chi connectivity index (χ0v) is 10.8. The number of hydrogen-bond acceptors (Lipinski definition) is 4. The number of pyridine rings is 1. The Morgan fingerprint density at radius 1 is 1.16 bits per heavy atom. The van der Waals surface area contributed by atoms with E-state index in [2.05, 4.69) is 9.71 Å². The summed E-state index contributed by atoms with van der Waals surface area (Å²) < 4.78 is 26.2. The lowest BCUT2D eigenvalue weighted by Gasteiger charge is -2.07. The average molecular weight is 273 g/mol. The Labute approximate surface area is 111 Å². The van der Waals surface area contributed by atoms with E-state index < -0.39 is 10.0 Å². The highest BCUT2D eigenvalue weighted by molar-refractivity contribution is 7.91. The molecule has 5 nitrogen and oxygen atoms in total. The molecule has 1 aromatic carbocycles. The standard InChI is InChI=1S/C13H11N3O2S/c14-9-11-4-6-12(7-5-11)10-19(17,18)16-13-3-1-2-8-15-13/h1-8H,10H2,(H,15,16). The van der Waals surface area contributed by atoms with Crippen molar-refractivity contribution in [2.45, 2.75) is 5.75 Å². The molecular weight excluding hydrogens is 262 g/mol. The first-order chi connectivity index (χ1) is 9.09. The minimum absolute atomic E-state index is 0.157. The van der Waals surface area contributed by atoms with Crippen molar-refractivity contribution in [1.29, 1.82) is 5.26 Å². The second-order valence-corrected chi connectivity index (χ2v) is 5.61. The van der Waals surface area contributed by atoms with Gasteiger partial charge >= 0.3 is 0 Å². The third-order valence-electron chi connectivity index (χ3n) is 2.36. The molecule has 1 heterocycles. The molecule has 0 saturated carbocycles. The number of rotatable bonds is 4. The molecule has 2 aromatic rings. The average Bonchev–Trinajstić information content (AvgIpc) is 2.39. The normalized spacial score (nSPS) is 10.7. The highest BCUT2D eigenvalue weighted by Gasteiger charge is 2.12. The summed E-state index contributed by atoms with van der Waals surface area (Å²) in [7, 11) is -3.50. The molecule has 0 bridgehead atoms. The zero-order valence-electron chi connectivity index (χ0n) is 9.95. The number of nitrogens with one attached hydrogen (secondary N) is 1. The van der Waals surface area contributed by atoms with Gasteiger partial charge in [-0.2, -0.15) is 5.26 Å². The molecule has 1 aromatic heterocycles. The fourth-order valence-electron chi connectivity index (χ4n) is 1.51. The largest absolute Gasteiger partial charge is 0.267 e. The molecule has 2 rings (SSSR count). The topological polar surface area (TPSA) is 82.8 Å². The third-order valence-corrected chi connectivity index (χ3v) is 3.60. The predicted molar refractivity (Wildman–Crippen MR) is 71.6 cm³/mol. The van der Waals surface area contributed by atoms with Crippen molar-refractivity contribution in [2.75, 3.05) is 4.72 Å². The second-order valence-electron chi connectivity index (χ2n) is 3.88. The molecule has 6 heteroatoms. The molecule has 0 atom stereocenters. The van der Waals surface area contributed by atoms with Gasteiger partial charge in [0.1, 0.15) is 5.82 Å². The van der Waals surface area contributed by atoms with Gasteiger partial charge in [0.2, 0.25) is 10.0 Å². The number of benzene rings is 1. The molecule has 0 unspecified atom stereocenters. The zero-order chi connectivity index (χ0) is 13.7. The van der Waals surface area contributed by atoms with Crippen molar-refractivity contribution in [2.24, 2.45) is 0 Å². The van der Waals surface area contributed by atoms with Crippen LogP contribution >= 0.6 is 0 Å². The van der Waals surface area contributed by atoms with Crippen molar-refractivity contribution in [1.82, 2.24) is 4.98 Å². The molecule has 1 N–H and O–H groups in total. The number of hydrogen-bond donors (Lipinski definition) is 1. The van der Waals surface area contributed by atoms with Gasteiger partial charge in [-0.1, -0.05) is 18.2 Å². The fraction of sp³-hybridized carbons (Fsp3) is 0.0769. The monoisotopic (exact) mass is 273 g/mol. The Bertz CT molecular complexity index is 689. The Hall–Kier alpha value is -2.39. The number of nitriles is 1. The van der Waals surface area contributed by atoms with Crippen LogP contribution in [0.5, 0.6) is 0 Å². The van der Waals surface area contributed by atoms with Crippen LogP contribution in [0.25, 0.3) is 0 Å². The highest BCUT2D eigenvalue weighted by Crippen LogP contribution is 2.11. The molecule has 0 amide bonds. The molecule has 0 aliphatic heterocycles. The van der Waals surface area contributed by atoms with E-state index in [0.717, 1.165) is 0 Å². The van der Waals surface area contributed by atoms with Crippen LogP contribution in [0.15, 0.2) is 48.7 Å². The fourth-order valence-corrected chi connectivity index (χ4v) is 2.66. The summed E-state index contributed by atoms with van der Waals surface area (Å²) in [6, 6.07) is 13.4. The molecular formula is C13H11N3O2S. The van der Waals surface area contributed by atoms with Crippen LogP contribution in [0.3, 0.4) is 0 Å². The maximum Gasteiger partial charge on any atom is 0.238 e. The molecule has 0 radical (unpaired) electrons. The van der Waals surface area contributed by atoms with E-state index in [-0.39, 0.29) is 11.6 Å². The lowest BCUT2D eigenvalue weighted by molar-refractivity contribution is 0.600. The summed E-state index contributed by atoms with van der Waals surface area (Å²) in [5.41, 5.74) is 1.11. The molecule has 0 saturated heterocycles. The van der Waals surface area contributed by atoms with Gasteiger partial charge in [-0.25, -0.2) is 13.4 Å². The van der Waals surface area contributed by atoms with E-state index in [0.29, 0.717) is 11.1 Å². The molecule has 0 aliphatic rings. The summed E-state index contributed by atoms with van der Waals surface area (Å²) in [6.45, 7) is 0. The molecule has 0 aliphatic carbocycles. The van der Waals surface area contributed by atoms with E-state index in [9.17, 15) is 8.42 Å². The van der Waals surface area contributed by atoms with Crippen LogP contribution in [0, 0.1) is 11.3 Å². The van der Waals surface area contributed by atoms with Gasteiger partial charge in [0.25, 0.3) is 0 Å². The lowest BCUT2D eigenvalue weighted by atomic mass is 10.2. The van der Waals surface area contributed by atoms with E-state index in [4.69, 9.17) is 5.26 Å². The van der Waals surface area contributed by atoms with Crippen molar-refractivity contribution in [3.8, 4) is 6.07 Å². The Morgan fingerprint density at radius 3 is 2.47 bits per heavy atom. The van der Waals surface area contributed by atoms with Gasteiger partial charge in [0.15, 0.2) is 0 Å². The van der Waals surface area contributed by atoms with Crippen molar-refractivity contribution >= 4 is 15.8 Å². The first-order valence-corrected chi connectivity index (χ1v) is 7.15. The predicted octanol–water partition coefficient (Wildman–Crippen LogP) is 1.90. The SMILES string of the molecule is N#Cc1ccc(CS(=O)(=O)Nc2ccccn2)cc1. The third kappa shape index (κ3) is 3.79. The lowest BCUT2D eigenvalue weighted by Crippen LogP contribution is -2.15. The molecule has 0 spiro atoms. The first kappa shape index (κ1) is 13.1. The van der Waals surface area contributed by atoms with Gasteiger partial charge in [0.05, 0.1) is 17.4 Å². The summed E-state index contributed by atoms with van der Waals surface area (Å²) in [5, 5.41) is 8.67. The van der Waals surface area contributed by atoms with Gasteiger partial charge in [0, 0.05) is 6.20 Å². The number of nitrogens with zero attached hydrogens (tertiary/aromatic N) is 2. The van der Waals surface area contributed by atoms with E-state index in [1.165, 1.54) is 6.20 Å². The van der Waals surface area contributed by atoms with Crippen LogP contribution < -0.4 is 4.72 Å². The molecule has 96 valence electrons. The van der Waals surface area contributed by atoms with E-state index in [1.54, 1.807) is 42.5 Å². The van der Waals surface area contributed by atoms with E-state index in [1.807, 2.05) is 6.07 Å². The number of aromatic nitrogens is 1. The quantitative estimate of drug-likeness (QED) is 0.922. The van der Waals surface area contributed by atoms with Crippen LogP contribution in [0.1, 0.15) is 11.1 Å². The van der Waals surface area contributed by atoms with E-state index >= 15 is 0 Å². The van der Waals surface area contributed by atoms with Crippen LogP contribution in [-0.2, 0) is 15.8 Å². The molecule has 19 heavy (non-hydrogen) atoms. The summed E-state index contributed by atoms with van der Waals surface area (Å²) in [5.74, 6) is 0.131. The maximum atomic E-state index is 11.9. The van der Waals surface area contributed by atoms with Crippen molar-refractivity contribution < 1.29 is 8.42 Å². The molecule has 0 fully saturated rings. The minimum atomic E-state index is -3.50. The van der Waals surface area contributed by atoms with Crippen LogP contribution in [0.2, 0.25) is 0 Å². The van der Waals surface area contributed by atoms with Crippen LogP contribution in [-0.4, -0.2) is 13.4 Å². The van der Waals surface area contributed by atoms with Gasteiger partial charge in [-0.15, -0.1) is 0 Å². The van der Waals surface area contributed by atoms with Gasteiger partial charge in [-0.3, -0.25) is 4.72 Å². The Balaban J connectivity index is 2.11. The summed E-state index contributed by atoms with van der Waals surface area (Å²) in [6.07, 6.45) is 1.51. The van der Waals surface area contributed by atoms with Crippen molar-refractivity contribution in [3.05, 3.63) is 59.8 Å². The number of sulfonamides is 1. The first-order valence-electron chi connectivity index (χ1n) is 5.50. The summed E-state index contributed by atoms with van der Waals surface area (Å²) >= 11 is 0. The smallest absolute Gasteiger partial charge is 0.238 e.